The monoisotopic (exact) mass is 458 g/mol. The van der Waals surface area contributed by atoms with E-state index in [4.69, 9.17) is 9.47 Å². The smallest absolute Gasteiger partial charge is 0.309 e. The van der Waals surface area contributed by atoms with Crippen LogP contribution in [-0.4, -0.2) is 71.8 Å². The third-order valence-electron chi connectivity index (χ3n) is 5.62. The van der Waals surface area contributed by atoms with Crippen LogP contribution in [0.5, 0.6) is 0 Å². The van der Waals surface area contributed by atoms with E-state index < -0.39 is 41.8 Å². The molecule has 0 bridgehead atoms. The van der Waals surface area contributed by atoms with Crippen LogP contribution in [-0.2, 0) is 23.9 Å². The van der Waals surface area contributed by atoms with E-state index in [1.807, 2.05) is 27.7 Å². The summed E-state index contributed by atoms with van der Waals surface area (Å²) in [6.07, 6.45) is -0.996. The fraction of sp³-hybridized carbons (Fsp3) is 0.875. The Bertz CT molecular complexity index is 614. The van der Waals surface area contributed by atoms with Gasteiger partial charge in [-0.25, -0.2) is 0 Å². The SMILES string of the molecule is CC[C@H](C)[C@@H]([C@@H](CC(=O)OC(C)(C)C)OC)N(C)C(=O)[C@@H](NC(=O)[C@@H](O)C(C)C)C(C)C. The van der Waals surface area contributed by atoms with Gasteiger partial charge in [-0.1, -0.05) is 48.0 Å². The van der Waals surface area contributed by atoms with Crippen LogP contribution in [0.25, 0.3) is 0 Å². The van der Waals surface area contributed by atoms with E-state index in [0.717, 1.165) is 6.42 Å². The van der Waals surface area contributed by atoms with Crippen molar-refractivity contribution in [3.05, 3.63) is 0 Å². The van der Waals surface area contributed by atoms with Gasteiger partial charge in [0.2, 0.25) is 11.8 Å². The summed E-state index contributed by atoms with van der Waals surface area (Å²) in [6.45, 7) is 16.6. The number of aliphatic hydroxyl groups is 1. The lowest BCUT2D eigenvalue weighted by atomic mass is 9.90. The maximum absolute atomic E-state index is 13.5. The van der Waals surface area contributed by atoms with Crippen LogP contribution in [0.2, 0.25) is 0 Å². The number of hydrogen-bond acceptors (Lipinski definition) is 6. The molecular weight excluding hydrogens is 412 g/mol. The summed E-state index contributed by atoms with van der Waals surface area (Å²) < 4.78 is 11.1. The zero-order valence-electron chi connectivity index (χ0n) is 21.9. The first-order chi connectivity index (χ1) is 14.6. The van der Waals surface area contributed by atoms with Gasteiger partial charge < -0.3 is 24.8 Å². The second kappa shape index (κ2) is 13.1. The van der Waals surface area contributed by atoms with Crippen molar-refractivity contribution in [1.29, 1.82) is 0 Å². The first-order valence-corrected chi connectivity index (χ1v) is 11.6. The van der Waals surface area contributed by atoms with Gasteiger partial charge in [-0.2, -0.15) is 0 Å². The summed E-state index contributed by atoms with van der Waals surface area (Å²) in [7, 11) is 3.18. The lowest BCUT2D eigenvalue weighted by Gasteiger charge is -2.40. The summed E-state index contributed by atoms with van der Waals surface area (Å²) in [5, 5.41) is 12.8. The molecule has 0 aromatic carbocycles. The van der Waals surface area contributed by atoms with Gasteiger partial charge in [0, 0.05) is 14.2 Å². The lowest BCUT2D eigenvalue weighted by molar-refractivity contribution is -0.161. The van der Waals surface area contributed by atoms with Crippen molar-refractivity contribution >= 4 is 17.8 Å². The predicted octanol–water partition coefficient (Wildman–Crippen LogP) is 2.76. The van der Waals surface area contributed by atoms with Crippen molar-refractivity contribution in [3.63, 3.8) is 0 Å². The number of aliphatic hydroxyl groups excluding tert-OH is 1. The lowest BCUT2D eigenvalue weighted by Crippen LogP contribution is -2.58. The van der Waals surface area contributed by atoms with Gasteiger partial charge >= 0.3 is 5.97 Å². The first-order valence-electron chi connectivity index (χ1n) is 11.6. The number of carbonyl (C=O) groups excluding carboxylic acids is 3. The molecule has 0 heterocycles. The topological polar surface area (TPSA) is 105 Å². The molecule has 0 radical (unpaired) electrons. The Kier molecular flexibility index (Phi) is 12.5. The highest BCUT2D eigenvalue weighted by Crippen LogP contribution is 2.24. The van der Waals surface area contributed by atoms with Crippen LogP contribution in [0.15, 0.2) is 0 Å². The minimum Gasteiger partial charge on any atom is -0.460 e. The third-order valence-corrected chi connectivity index (χ3v) is 5.62. The molecule has 2 N–H and O–H groups in total. The summed E-state index contributed by atoms with van der Waals surface area (Å²) in [4.78, 5) is 39.9. The van der Waals surface area contributed by atoms with Crippen molar-refractivity contribution in [2.24, 2.45) is 17.8 Å². The number of methoxy groups -OCH3 is 1. The Balaban J connectivity index is 5.78. The van der Waals surface area contributed by atoms with Crippen LogP contribution < -0.4 is 5.32 Å². The Hall–Kier alpha value is -1.67. The Labute approximate surface area is 194 Å². The van der Waals surface area contributed by atoms with Gasteiger partial charge in [-0.05, 0) is 38.5 Å². The van der Waals surface area contributed by atoms with Crippen molar-refractivity contribution in [1.82, 2.24) is 10.2 Å². The fourth-order valence-electron chi connectivity index (χ4n) is 3.55. The van der Waals surface area contributed by atoms with Crippen LogP contribution in [0.1, 0.15) is 75.2 Å². The van der Waals surface area contributed by atoms with Crippen LogP contribution in [0, 0.1) is 17.8 Å². The van der Waals surface area contributed by atoms with Gasteiger partial charge in [-0.3, -0.25) is 14.4 Å². The summed E-state index contributed by atoms with van der Waals surface area (Å²) in [5.41, 5.74) is -0.618. The highest BCUT2D eigenvalue weighted by atomic mass is 16.6. The minimum absolute atomic E-state index is 0.00512. The second-order valence-electron chi connectivity index (χ2n) is 10.3. The highest BCUT2D eigenvalue weighted by Gasteiger charge is 2.38. The summed E-state index contributed by atoms with van der Waals surface area (Å²) in [5.74, 6) is -1.69. The van der Waals surface area contributed by atoms with Gasteiger partial charge in [0.25, 0.3) is 0 Å². The van der Waals surface area contributed by atoms with Gasteiger partial charge in [0.15, 0.2) is 0 Å². The van der Waals surface area contributed by atoms with Gasteiger partial charge in [0.1, 0.15) is 17.7 Å². The number of nitrogens with zero attached hydrogens (tertiary/aromatic N) is 1. The average molecular weight is 459 g/mol. The summed E-state index contributed by atoms with van der Waals surface area (Å²) >= 11 is 0. The van der Waals surface area contributed by atoms with E-state index >= 15 is 0 Å². The Morgan fingerprint density at radius 1 is 1.03 bits per heavy atom. The van der Waals surface area contributed by atoms with E-state index in [-0.39, 0.29) is 30.1 Å². The molecule has 8 heteroatoms. The number of amides is 2. The predicted molar refractivity (Wildman–Crippen MR) is 125 cm³/mol. The van der Waals surface area contributed by atoms with Crippen molar-refractivity contribution in [3.8, 4) is 0 Å². The quantitative estimate of drug-likeness (QED) is 0.436. The molecule has 5 atom stereocenters. The second-order valence-corrected chi connectivity index (χ2v) is 10.3. The van der Waals surface area contributed by atoms with Crippen molar-refractivity contribution in [2.45, 2.75) is 105 Å². The van der Waals surface area contributed by atoms with Crippen molar-refractivity contribution in [2.75, 3.05) is 14.2 Å². The summed E-state index contributed by atoms with van der Waals surface area (Å²) in [6, 6.07) is -1.22. The molecule has 0 aromatic rings. The molecule has 0 aliphatic rings. The van der Waals surface area contributed by atoms with Crippen LogP contribution in [0.3, 0.4) is 0 Å². The number of nitrogens with one attached hydrogen (secondary N) is 1. The van der Waals surface area contributed by atoms with E-state index in [9.17, 15) is 19.5 Å². The van der Waals surface area contributed by atoms with Crippen LogP contribution >= 0.6 is 0 Å². The van der Waals surface area contributed by atoms with Gasteiger partial charge in [-0.15, -0.1) is 0 Å². The number of rotatable bonds is 12. The van der Waals surface area contributed by atoms with E-state index in [2.05, 4.69) is 5.32 Å². The average Bonchev–Trinajstić information content (AvgIpc) is 2.67. The molecule has 0 saturated carbocycles. The molecule has 0 spiro atoms. The first kappa shape index (κ1) is 30.3. The highest BCUT2D eigenvalue weighted by molar-refractivity contribution is 5.89. The van der Waals surface area contributed by atoms with E-state index in [1.54, 1.807) is 46.6 Å². The number of hydrogen-bond donors (Lipinski definition) is 2. The molecule has 0 rings (SSSR count). The van der Waals surface area contributed by atoms with Crippen LogP contribution in [0.4, 0.5) is 0 Å². The number of likely N-dealkylation sites (N-methyl/N-ethyl adjacent to an activating group) is 1. The number of carbonyl (C=O) groups is 3. The minimum atomic E-state index is -1.20. The molecule has 188 valence electrons. The molecule has 0 unspecified atom stereocenters. The fourth-order valence-corrected chi connectivity index (χ4v) is 3.55. The molecule has 0 fully saturated rings. The zero-order valence-corrected chi connectivity index (χ0v) is 21.9. The molecule has 32 heavy (non-hydrogen) atoms. The normalized spacial score (nSPS) is 16.8. The maximum Gasteiger partial charge on any atom is 0.309 e. The van der Waals surface area contributed by atoms with Gasteiger partial charge in [0.05, 0.1) is 18.6 Å². The Morgan fingerprint density at radius 2 is 1.56 bits per heavy atom. The largest absolute Gasteiger partial charge is 0.460 e. The molecule has 2 amide bonds. The van der Waals surface area contributed by atoms with Crippen molar-refractivity contribution < 1.29 is 29.0 Å². The molecule has 0 aliphatic heterocycles. The number of esters is 1. The molecule has 0 aliphatic carbocycles. The van der Waals surface area contributed by atoms with E-state index in [1.165, 1.54) is 7.11 Å². The van der Waals surface area contributed by atoms with E-state index in [0.29, 0.717) is 0 Å². The third kappa shape index (κ3) is 9.45. The standard InChI is InChI=1S/C24H46N2O6/c1-12-16(6)20(17(31-11)13-18(27)32-24(7,8)9)26(10)23(30)19(14(2)3)25-22(29)21(28)15(4)5/h14-17,19-21,28H,12-13H2,1-11H3,(H,25,29)/t16-,17+,19-,20-,21-/m0/s1. The molecule has 8 nitrogen and oxygen atoms in total. The maximum atomic E-state index is 13.5. The Morgan fingerprint density at radius 3 is 1.94 bits per heavy atom. The molecule has 0 saturated heterocycles. The number of ether oxygens (including phenoxy) is 2. The zero-order chi connectivity index (χ0) is 25.4. The molecule has 0 aromatic heterocycles. The molecular formula is C24H46N2O6.